The minimum Gasteiger partial charge on any atom is -0.481 e. The minimum atomic E-state index is 0.639. The van der Waals surface area contributed by atoms with Gasteiger partial charge in [0, 0.05) is 6.08 Å². The molecule has 1 heterocycles. The van der Waals surface area contributed by atoms with Gasteiger partial charge in [0.25, 0.3) is 0 Å². The maximum absolute atomic E-state index is 4.70. The Hall–Kier alpha value is -0.700. The van der Waals surface area contributed by atoms with Crippen LogP contribution >= 0.6 is 0 Å². The van der Waals surface area contributed by atoms with E-state index in [1.807, 2.05) is 0 Å². The molecule has 0 bridgehead atoms. The first-order valence-electron chi connectivity index (χ1n) is 1.92. The topological polar surface area (TPSA) is 30.5 Å². The molecule has 1 N–H and O–H groups in total. The van der Waals surface area contributed by atoms with E-state index in [4.69, 9.17) is 4.74 Å². The van der Waals surface area contributed by atoms with Gasteiger partial charge in [-0.3, -0.25) is 4.84 Å². The molecule has 39 valence electrons. The standard InChI is InChI=1S/C4H6NO2/c1-6-4-2-3-7-5-4/h2-3,5H,1H3. The van der Waals surface area contributed by atoms with Crippen molar-refractivity contribution >= 4 is 0 Å². The van der Waals surface area contributed by atoms with Gasteiger partial charge in [0.15, 0.2) is 0 Å². The lowest BCUT2D eigenvalue weighted by molar-refractivity contribution is 0.102. The van der Waals surface area contributed by atoms with E-state index in [-0.39, 0.29) is 0 Å². The van der Waals surface area contributed by atoms with Crippen LogP contribution in [0.3, 0.4) is 0 Å². The Bertz CT molecular complexity index is 89.7. The molecule has 1 aliphatic rings. The maximum Gasteiger partial charge on any atom is 0.209 e. The van der Waals surface area contributed by atoms with Crippen LogP contribution in [0.1, 0.15) is 0 Å². The van der Waals surface area contributed by atoms with Gasteiger partial charge in [0.1, 0.15) is 6.61 Å². The van der Waals surface area contributed by atoms with E-state index in [0.29, 0.717) is 5.88 Å². The monoisotopic (exact) mass is 100 g/mol. The molecule has 0 spiro atoms. The Morgan fingerprint density at radius 2 is 2.71 bits per heavy atom. The lowest BCUT2D eigenvalue weighted by Gasteiger charge is -1.96. The van der Waals surface area contributed by atoms with Crippen LogP contribution in [-0.4, -0.2) is 7.11 Å². The second-order valence-corrected chi connectivity index (χ2v) is 1.09. The van der Waals surface area contributed by atoms with Crippen LogP contribution in [0.4, 0.5) is 0 Å². The molecular weight excluding hydrogens is 94.0 g/mol. The fourth-order valence-corrected chi connectivity index (χ4v) is 0.332. The predicted octanol–water partition coefficient (Wildman–Crippen LogP) is 0.171. The maximum atomic E-state index is 4.70. The smallest absolute Gasteiger partial charge is 0.209 e. The van der Waals surface area contributed by atoms with Crippen molar-refractivity contribution in [2.75, 3.05) is 7.11 Å². The first kappa shape index (κ1) is 4.46. The second kappa shape index (κ2) is 1.84. The van der Waals surface area contributed by atoms with E-state index >= 15 is 0 Å². The molecule has 0 aromatic heterocycles. The molecule has 0 amide bonds. The molecule has 0 aliphatic carbocycles. The quantitative estimate of drug-likeness (QED) is 0.509. The highest BCUT2D eigenvalue weighted by Crippen LogP contribution is 1.99. The van der Waals surface area contributed by atoms with Crippen LogP contribution < -0.4 is 5.48 Å². The van der Waals surface area contributed by atoms with Crippen LogP contribution in [0.15, 0.2) is 12.0 Å². The van der Waals surface area contributed by atoms with Crippen LogP contribution in [0.2, 0.25) is 0 Å². The summed E-state index contributed by atoms with van der Waals surface area (Å²) in [7, 11) is 1.57. The van der Waals surface area contributed by atoms with Crippen LogP contribution in [-0.2, 0) is 9.57 Å². The van der Waals surface area contributed by atoms with Crippen molar-refractivity contribution in [1.29, 1.82) is 0 Å². The van der Waals surface area contributed by atoms with E-state index in [1.54, 1.807) is 13.2 Å². The average Bonchev–Trinajstić information content (AvgIpc) is 2.14. The third-order valence-corrected chi connectivity index (χ3v) is 0.667. The Morgan fingerprint density at radius 3 is 3.00 bits per heavy atom. The number of hydrogen-bond donors (Lipinski definition) is 1. The van der Waals surface area contributed by atoms with Crippen LogP contribution in [0.25, 0.3) is 0 Å². The lowest BCUT2D eigenvalue weighted by Crippen LogP contribution is -2.05. The zero-order chi connectivity index (χ0) is 5.11. The molecular formula is C4H6NO2. The largest absolute Gasteiger partial charge is 0.481 e. The molecule has 0 saturated heterocycles. The third-order valence-electron chi connectivity index (χ3n) is 0.667. The molecule has 1 aliphatic heterocycles. The summed E-state index contributed by atoms with van der Waals surface area (Å²) >= 11 is 0. The van der Waals surface area contributed by atoms with Gasteiger partial charge in [-0.1, -0.05) is 0 Å². The summed E-state index contributed by atoms with van der Waals surface area (Å²) in [4.78, 5) is 4.56. The summed E-state index contributed by atoms with van der Waals surface area (Å²) < 4.78 is 4.70. The average molecular weight is 100 g/mol. The number of methoxy groups -OCH3 is 1. The Balaban J connectivity index is 2.36. The van der Waals surface area contributed by atoms with Gasteiger partial charge in [0.2, 0.25) is 5.88 Å². The highest BCUT2D eigenvalue weighted by atomic mass is 16.7. The van der Waals surface area contributed by atoms with Crippen molar-refractivity contribution in [2.24, 2.45) is 0 Å². The summed E-state index contributed by atoms with van der Waals surface area (Å²) in [6, 6.07) is 0. The van der Waals surface area contributed by atoms with Gasteiger partial charge in [-0.25, -0.2) is 5.48 Å². The van der Waals surface area contributed by atoms with Crippen molar-refractivity contribution < 1.29 is 9.57 Å². The van der Waals surface area contributed by atoms with Gasteiger partial charge < -0.3 is 4.74 Å². The lowest BCUT2D eigenvalue weighted by atomic mass is 10.6. The van der Waals surface area contributed by atoms with Crippen molar-refractivity contribution in [3.63, 3.8) is 0 Å². The highest BCUT2D eigenvalue weighted by molar-refractivity contribution is 4.98. The molecule has 3 heteroatoms. The number of nitrogens with one attached hydrogen (secondary N) is 1. The van der Waals surface area contributed by atoms with E-state index in [9.17, 15) is 0 Å². The zero-order valence-electron chi connectivity index (χ0n) is 3.97. The van der Waals surface area contributed by atoms with Crippen molar-refractivity contribution in [3.8, 4) is 0 Å². The van der Waals surface area contributed by atoms with E-state index in [1.165, 1.54) is 6.61 Å². The van der Waals surface area contributed by atoms with Gasteiger partial charge in [-0.2, -0.15) is 0 Å². The summed E-state index contributed by atoms with van der Waals surface area (Å²) in [5, 5.41) is 0. The van der Waals surface area contributed by atoms with Gasteiger partial charge in [-0.05, 0) is 0 Å². The van der Waals surface area contributed by atoms with Gasteiger partial charge in [-0.15, -0.1) is 0 Å². The first-order chi connectivity index (χ1) is 3.43. The first-order valence-corrected chi connectivity index (χ1v) is 1.92. The van der Waals surface area contributed by atoms with E-state index in [0.717, 1.165) is 0 Å². The summed E-state index contributed by atoms with van der Waals surface area (Å²) in [5.74, 6) is 0.639. The fourth-order valence-electron chi connectivity index (χ4n) is 0.332. The normalized spacial score (nSPS) is 18.1. The number of hydrogen-bond acceptors (Lipinski definition) is 3. The molecule has 0 aromatic carbocycles. The van der Waals surface area contributed by atoms with Crippen molar-refractivity contribution in [3.05, 3.63) is 18.6 Å². The summed E-state index contributed by atoms with van der Waals surface area (Å²) in [5.41, 5.74) is 2.49. The van der Waals surface area contributed by atoms with Gasteiger partial charge >= 0.3 is 0 Å². The third kappa shape index (κ3) is 0.838. The Morgan fingerprint density at radius 1 is 1.86 bits per heavy atom. The SMILES string of the molecule is COC1=C[CH]ON1. The van der Waals surface area contributed by atoms with Gasteiger partial charge in [0.05, 0.1) is 7.11 Å². The molecule has 7 heavy (non-hydrogen) atoms. The van der Waals surface area contributed by atoms with E-state index < -0.39 is 0 Å². The van der Waals surface area contributed by atoms with Crippen molar-refractivity contribution in [2.45, 2.75) is 0 Å². The van der Waals surface area contributed by atoms with E-state index in [2.05, 4.69) is 10.3 Å². The molecule has 0 saturated carbocycles. The predicted molar refractivity (Wildman–Crippen MR) is 23.6 cm³/mol. The second-order valence-electron chi connectivity index (χ2n) is 1.09. The molecule has 0 fully saturated rings. The molecule has 0 unspecified atom stereocenters. The van der Waals surface area contributed by atoms with Crippen LogP contribution in [0, 0.1) is 6.61 Å². The summed E-state index contributed by atoms with van der Waals surface area (Å²) in [6.45, 7) is 1.51. The molecule has 0 aromatic rings. The molecule has 3 nitrogen and oxygen atoms in total. The Labute approximate surface area is 41.9 Å². The van der Waals surface area contributed by atoms with Crippen molar-refractivity contribution in [1.82, 2.24) is 5.48 Å². The fraction of sp³-hybridized carbons (Fsp3) is 0.250. The van der Waals surface area contributed by atoms with Crippen LogP contribution in [0.5, 0.6) is 0 Å². The number of rotatable bonds is 1. The Kier molecular flexibility index (Phi) is 1.17. The molecule has 0 atom stereocenters. The highest BCUT2D eigenvalue weighted by Gasteiger charge is 2.00. The number of hydroxylamine groups is 1. The summed E-state index contributed by atoms with van der Waals surface area (Å²) in [6.07, 6.45) is 1.69. The molecule has 1 rings (SSSR count). The zero-order valence-corrected chi connectivity index (χ0v) is 3.97. The minimum absolute atomic E-state index is 0.639. The molecule has 1 radical (unpaired) electrons. The number of ether oxygens (including phenoxy) is 1.